The lowest BCUT2D eigenvalue weighted by molar-refractivity contribution is 0.543. The van der Waals surface area contributed by atoms with E-state index in [1.807, 2.05) is 19.9 Å². The summed E-state index contributed by atoms with van der Waals surface area (Å²) in [5.74, 6) is 2.49. The Kier molecular flexibility index (Phi) is 4.94. The van der Waals surface area contributed by atoms with E-state index >= 15 is 0 Å². The molecule has 0 aromatic heterocycles. The molecule has 0 heterocycles. The molecule has 1 rings (SSSR count). The van der Waals surface area contributed by atoms with Gasteiger partial charge in [-0.15, -0.1) is 12.3 Å². The minimum Gasteiger partial charge on any atom is -0.207 e. The van der Waals surface area contributed by atoms with Crippen molar-refractivity contribution in [2.24, 2.45) is 0 Å². The summed E-state index contributed by atoms with van der Waals surface area (Å²) in [5, 5.41) is 0. The summed E-state index contributed by atoms with van der Waals surface area (Å²) in [5.41, 5.74) is 1.79. The van der Waals surface area contributed by atoms with E-state index in [9.17, 15) is 8.42 Å². The fraction of sp³-hybridized carbons (Fsp3) is 0.429. The molecular weight excluding hydrogens is 246 g/mol. The lowest BCUT2D eigenvalue weighted by Crippen LogP contribution is -2.34. The van der Waals surface area contributed by atoms with Crippen molar-refractivity contribution in [2.45, 2.75) is 44.6 Å². The van der Waals surface area contributed by atoms with Crippen LogP contribution >= 0.6 is 0 Å². The molecule has 3 nitrogen and oxygen atoms in total. The van der Waals surface area contributed by atoms with Crippen LogP contribution in [0.4, 0.5) is 0 Å². The van der Waals surface area contributed by atoms with Crippen molar-refractivity contribution in [3.05, 3.63) is 29.3 Å². The minimum absolute atomic E-state index is 0.208. The lowest BCUT2D eigenvalue weighted by Gasteiger charge is -2.16. The molecule has 18 heavy (non-hydrogen) atoms. The van der Waals surface area contributed by atoms with Gasteiger partial charge in [-0.2, -0.15) is 0 Å². The third-order valence-corrected chi connectivity index (χ3v) is 4.48. The van der Waals surface area contributed by atoms with Crippen LogP contribution in [0.5, 0.6) is 0 Å². The highest BCUT2D eigenvalue weighted by Crippen LogP contribution is 2.17. The Hall–Kier alpha value is -1.31. The van der Waals surface area contributed by atoms with Crippen molar-refractivity contribution in [3.63, 3.8) is 0 Å². The molecule has 0 amide bonds. The van der Waals surface area contributed by atoms with Gasteiger partial charge in [-0.05, 0) is 31.9 Å². The molecule has 0 saturated heterocycles. The van der Waals surface area contributed by atoms with Crippen molar-refractivity contribution in [3.8, 4) is 12.3 Å². The fourth-order valence-electron chi connectivity index (χ4n) is 1.80. The molecule has 0 radical (unpaired) electrons. The topological polar surface area (TPSA) is 46.2 Å². The van der Waals surface area contributed by atoms with Gasteiger partial charge >= 0.3 is 0 Å². The quantitative estimate of drug-likeness (QED) is 0.831. The molecule has 0 saturated carbocycles. The van der Waals surface area contributed by atoms with E-state index < -0.39 is 10.0 Å². The number of benzene rings is 1. The molecule has 0 aliphatic carbocycles. The average molecular weight is 265 g/mol. The second-order valence-electron chi connectivity index (χ2n) is 4.40. The molecule has 0 spiro atoms. The number of rotatable bonds is 5. The molecule has 1 aromatic carbocycles. The van der Waals surface area contributed by atoms with E-state index in [2.05, 4.69) is 10.6 Å². The van der Waals surface area contributed by atoms with Crippen molar-refractivity contribution < 1.29 is 8.42 Å². The van der Waals surface area contributed by atoms with E-state index in [1.54, 1.807) is 19.1 Å². The molecule has 4 heteroatoms. The molecule has 1 unspecified atom stereocenters. The van der Waals surface area contributed by atoms with Crippen LogP contribution in [-0.2, 0) is 10.0 Å². The summed E-state index contributed by atoms with van der Waals surface area (Å²) in [6.07, 6.45) is 6.31. The molecule has 1 atom stereocenters. The van der Waals surface area contributed by atoms with Crippen LogP contribution in [0.25, 0.3) is 0 Å². The van der Waals surface area contributed by atoms with E-state index in [0.29, 0.717) is 17.7 Å². The summed E-state index contributed by atoms with van der Waals surface area (Å²) >= 11 is 0. The maximum absolute atomic E-state index is 12.2. The monoisotopic (exact) mass is 265 g/mol. The largest absolute Gasteiger partial charge is 0.241 e. The first-order valence-electron chi connectivity index (χ1n) is 5.93. The van der Waals surface area contributed by atoms with Gasteiger partial charge in [0.15, 0.2) is 0 Å². The zero-order valence-electron chi connectivity index (χ0n) is 11.0. The molecule has 1 N–H and O–H groups in total. The van der Waals surface area contributed by atoms with Gasteiger partial charge in [0.2, 0.25) is 10.0 Å². The summed E-state index contributed by atoms with van der Waals surface area (Å²) in [4.78, 5) is 0.323. The Morgan fingerprint density at radius 3 is 2.56 bits per heavy atom. The third kappa shape index (κ3) is 3.59. The number of hydrogen-bond acceptors (Lipinski definition) is 2. The van der Waals surface area contributed by atoms with Crippen LogP contribution in [0.2, 0.25) is 0 Å². The molecule has 1 aromatic rings. The van der Waals surface area contributed by atoms with Crippen LogP contribution in [0.1, 0.15) is 30.9 Å². The summed E-state index contributed by atoms with van der Waals surface area (Å²) in [6.45, 7) is 5.64. The van der Waals surface area contributed by atoms with E-state index in [-0.39, 0.29) is 6.04 Å². The minimum atomic E-state index is -3.49. The maximum Gasteiger partial charge on any atom is 0.241 e. The highest BCUT2D eigenvalue weighted by atomic mass is 32.2. The van der Waals surface area contributed by atoms with Gasteiger partial charge in [0.1, 0.15) is 0 Å². The molecule has 98 valence electrons. The number of terminal acetylenes is 1. The Morgan fingerprint density at radius 1 is 1.39 bits per heavy atom. The van der Waals surface area contributed by atoms with E-state index in [4.69, 9.17) is 6.42 Å². The lowest BCUT2D eigenvalue weighted by atomic mass is 10.2. The fourth-order valence-corrected chi connectivity index (χ4v) is 3.34. The van der Waals surface area contributed by atoms with Gasteiger partial charge in [0.05, 0.1) is 4.90 Å². The summed E-state index contributed by atoms with van der Waals surface area (Å²) in [7, 11) is -3.49. The number of sulfonamides is 1. The Bertz CT molecular complexity index is 556. The highest BCUT2D eigenvalue weighted by molar-refractivity contribution is 7.89. The zero-order valence-corrected chi connectivity index (χ0v) is 11.8. The average Bonchev–Trinajstić information content (AvgIpc) is 2.27. The van der Waals surface area contributed by atoms with Crippen molar-refractivity contribution >= 4 is 10.0 Å². The second kappa shape index (κ2) is 6.03. The molecule has 0 fully saturated rings. The Balaban J connectivity index is 3.03. The van der Waals surface area contributed by atoms with Crippen molar-refractivity contribution in [2.75, 3.05) is 0 Å². The van der Waals surface area contributed by atoms with E-state index in [1.165, 1.54) is 0 Å². The van der Waals surface area contributed by atoms with Crippen LogP contribution in [-0.4, -0.2) is 14.5 Å². The van der Waals surface area contributed by atoms with Gasteiger partial charge < -0.3 is 0 Å². The normalized spacial score (nSPS) is 13.0. The summed E-state index contributed by atoms with van der Waals surface area (Å²) in [6, 6.07) is 5.08. The van der Waals surface area contributed by atoms with Crippen LogP contribution < -0.4 is 4.72 Å². The standard InChI is InChI=1S/C14H19NO2S/c1-5-7-13(6-2)15-18(16,17)14-9-8-11(3)10-12(14)4/h1,8-10,13,15H,6-7H2,2-4H3. The SMILES string of the molecule is C#CCC(CC)NS(=O)(=O)c1ccc(C)cc1C. The van der Waals surface area contributed by atoms with E-state index in [0.717, 1.165) is 11.1 Å². The third-order valence-electron chi connectivity index (χ3n) is 2.80. The number of aryl methyl sites for hydroxylation is 2. The Morgan fingerprint density at radius 2 is 2.06 bits per heavy atom. The molecule has 0 aliphatic rings. The zero-order chi connectivity index (χ0) is 13.8. The molecule has 0 bridgehead atoms. The van der Waals surface area contributed by atoms with Gasteiger partial charge in [0.25, 0.3) is 0 Å². The highest BCUT2D eigenvalue weighted by Gasteiger charge is 2.20. The molecule has 0 aliphatic heterocycles. The predicted molar refractivity (Wildman–Crippen MR) is 73.8 cm³/mol. The first-order valence-corrected chi connectivity index (χ1v) is 7.42. The van der Waals surface area contributed by atoms with Crippen LogP contribution in [0, 0.1) is 26.2 Å². The summed E-state index contributed by atoms with van der Waals surface area (Å²) < 4.78 is 27.1. The van der Waals surface area contributed by atoms with Crippen molar-refractivity contribution in [1.29, 1.82) is 0 Å². The van der Waals surface area contributed by atoms with Crippen molar-refractivity contribution in [1.82, 2.24) is 4.72 Å². The van der Waals surface area contributed by atoms with Gasteiger partial charge in [-0.25, -0.2) is 13.1 Å². The van der Waals surface area contributed by atoms with Gasteiger partial charge in [-0.1, -0.05) is 24.6 Å². The first-order chi connectivity index (χ1) is 8.40. The smallest absolute Gasteiger partial charge is 0.207 e. The van der Waals surface area contributed by atoms with Crippen LogP contribution in [0.15, 0.2) is 23.1 Å². The number of hydrogen-bond donors (Lipinski definition) is 1. The number of nitrogens with one attached hydrogen (secondary N) is 1. The predicted octanol–water partition coefficient (Wildman–Crippen LogP) is 2.38. The van der Waals surface area contributed by atoms with Gasteiger partial charge in [-0.3, -0.25) is 0 Å². The maximum atomic E-state index is 12.2. The van der Waals surface area contributed by atoms with Gasteiger partial charge in [0, 0.05) is 12.5 Å². The van der Waals surface area contributed by atoms with Crippen LogP contribution in [0.3, 0.4) is 0 Å². The molecular formula is C14H19NO2S. The first kappa shape index (κ1) is 14.7. The second-order valence-corrected chi connectivity index (χ2v) is 6.09. The Labute approximate surface area is 110 Å².